The minimum absolute atomic E-state index is 0. The summed E-state index contributed by atoms with van der Waals surface area (Å²) in [6, 6.07) is 10.8. The van der Waals surface area contributed by atoms with Gasteiger partial charge in [0, 0.05) is 32.2 Å². The largest absolute Gasteiger partial charge is 0.376 e. The Balaban J connectivity index is 0.00000176. The van der Waals surface area contributed by atoms with Gasteiger partial charge in [0.2, 0.25) is 0 Å². The lowest BCUT2D eigenvalue weighted by atomic mass is 9.96. The van der Waals surface area contributed by atoms with Crippen molar-refractivity contribution >= 4 is 29.9 Å². The minimum atomic E-state index is 0. The highest BCUT2D eigenvalue weighted by molar-refractivity contribution is 14.0. The first-order valence-corrected chi connectivity index (χ1v) is 7.94. The molecule has 1 saturated carbocycles. The summed E-state index contributed by atoms with van der Waals surface area (Å²) in [5, 5.41) is 6.86. The van der Waals surface area contributed by atoms with Crippen LogP contribution in [0.2, 0.25) is 0 Å². The highest BCUT2D eigenvalue weighted by atomic mass is 127. The van der Waals surface area contributed by atoms with Crippen LogP contribution in [-0.2, 0) is 10.2 Å². The molecule has 0 amide bonds. The van der Waals surface area contributed by atoms with E-state index in [1.54, 1.807) is 0 Å². The number of nitrogens with zero attached hydrogens (tertiary/aromatic N) is 1. The van der Waals surface area contributed by atoms with E-state index in [-0.39, 0.29) is 24.0 Å². The predicted octanol–water partition coefficient (Wildman–Crippen LogP) is 2.68. The van der Waals surface area contributed by atoms with Gasteiger partial charge in [-0.25, -0.2) is 0 Å². The zero-order valence-electron chi connectivity index (χ0n) is 13.2. The topological polar surface area (TPSA) is 45.7 Å². The van der Waals surface area contributed by atoms with Crippen molar-refractivity contribution in [3.05, 3.63) is 35.9 Å². The monoisotopic (exact) mass is 415 g/mol. The van der Waals surface area contributed by atoms with Crippen LogP contribution in [0.15, 0.2) is 35.3 Å². The molecule has 0 aromatic heterocycles. The lowest BCUT2D eigenvalue weighted by molar-refractivity contribution is 0.114. The number of guanidine groups is 1. The predicted molar refractivity (Wildman–Crippen MR) is 101 cm³/mol. The van der Waals surface area contributed by atoms with Crippen molar-refractivity contribution in [2.75, 3.05) is 26.7 Å². The Morgan fingerprint density at radius 1 is 1.27 bits per heavy atom. The van der Waals surface area contributed by atoms with E-state index in [9.17, 15) is 0 Å². The van der Waals surface area contributed by atoms with E-state index in [4.69, 9.17) is 4.74 Å². The molecule has 1 saturated heterocycles. The molecule has 122 valence electrons. The second-order valence-electron chi connectivity index (χ2n) is 6.09. The van der Waals surface area contributed by atoms with Crippen molar-refractivity contribution in [2.45, 2.75) is 37.2 Å². The van der Waals surface area contributed by atoms with Gasteiger partial charge in [-0.1, -0.05) is 30.3 Å². The van der Waals surface area contributed by atoms with Crippen molar-refractivity contribution in [3.63, 3.8) is 0 Å². The summed E-state index contributed by atoms with van der Waals surface area (Å²) in [5.74, 6) is 0.882. The molecule has 4 nitrogen and oxygen atoms in total. The van der Waals surface area contributed by atoms with Crippen LogP contribution in [0.5, 0.6) is 0 Å². The average Bonchev–Trinajstić information content (AvgIpc) is 3.15. The van der Waals surface area contributed by atoms with Crippen molar-refractivity contribution in [1.29, 1.82) is 0 Å². The van der Waals surface area contributed by atoms with Gasteiger partial charge in [0.1, 0.15) is 0 Å². The van der Waals surface area contributed by atoms with Gasteiger partial charge in [0.05, 0.1) is 6.10 Å². The third kappa shape index (κ3) is 4.35. The molecule has 0 radical (unpaired) electrons. The van der Waals surface area contributed by atoms with E-state index in [1.807, 2.05) is 7.05 Å². The number of benzene rings is 1. The number of rotatable bonds is 5. The van der Waals surface area contributed by atoms with Crippen LogP contribution in [0.1, 0.15) is 31.2 Å². The number of nitrogens with one attached hydrogen (secondary N) is 2. The lowest BCUT2D eigenvalue weighted by Gasteiger charge is -2.20. The smallest absolute Gasteiger partial charge is 0.191 e. The molecule has 5 heteroatoms. The molecule has 3 rings (SSSR count). The fourth-order valence-electron chi connectivity index (χ4n) is 3.00. The zero-order chi connectivity index (χ0) is 14.5. The van der Waals surface area contributed by atoms with Gasteiger partial charge in [0.15, 0.2) is 5.96 Å². The first kappa shape index (κ1) is 17.5. The lowest BCUT2D eigenvalue weighted by Crippen LogP contribution is -2.43. The maximum absolute atomic E-state index is 5.63. The van der Waals surface area contributed by atoms with Crippen LogP contribution < -0.4 is 10.6 Å². The Bertz CT molecular complexity index is 482. The van der Waals surface area contributed by atoms with E-state index >= 15 is 0 Å². The molecule has 2 N–H and O–H groups in total. The van der Waals surface area contributed by atoms with Gasteiger partial charge in [-0.3, -0.25) is 4.99 Å². The molecule has 0 spiro atoms. The molecular formula is C17H26IN3O. The maximum Gasteiger partial charge on any atom is 0.191 e. The Morgan fingerprint density at radius 2 is 2.05 bits per heavy atom. The van der Waals surface area contributed by atoms with E-state index in [1.165, 1.54) is 24.8 Å². The van der Waals surface area contributed by atoms with E-state index < -0.39 is 0 Å². The highest BCUT2D eigenvalue weighted by Gasteiger charge is 2.43. The van der Waals surface area contributed by atoms with Crippen LogP contribution >= 0.6 is 24.0 Å². The van der Waals surface area contributed by atoms with Gasteiger partial charge >= 0.3 is 0 Å². The molecular weight excluding hydrogens is 389 g/mol. The number of halogens is 1. The normalized spacial score (nSPS) is 22.8. The van der Waals surface area contributed by atoms with E-state index in [0.29, 0.717) is 11.5 Å². The summed E-state index contributed by atoms with van der Waals surface area (Å²) in [6.45, 7) is 2.69. The average molecular weight is 415 g/mol. The second-order valence-corrected chi connectivity index (χ2v) is 6.09. The molecule has 1 aliphatic heterocycles. The van der Waals surface area contributed by atoms with Crippen LogP contribution in [-0.4, -0.2) is 38.8 Å². The summed E-state index contributed by atoms with van der Waals surface area (Å²) in [7, 11) is 1.83. The summed E-state index contributed by atoms with van der Waals surface area (Å²) in [6.07, 6.45) is 5.18. The van der Waals surface area contributed by atoms with Gasteiger partial charge in [-0.05, 0) is 31.2 Å². The van der Waals surface area contributed by atoms with Gasteiger partial charge < -0.3 is 15.4 Å². The highest BCUT2D eigenvalue weighted by Crippen LogP contribution is 2.47. The van der Waals surface area contributed by atoms with Crippen molar-refractivity contribution in [1.82, 2.24) is 10.6 Å². The van der Waals surface area contributed by atoms with Gasteiger partial charge in [-0.15, -0.1) is 24.0 Å². The Morgan fingerprint density at radius 3 is 2.64 bits per heavy atom. The fraction of sp³-hybridized carbons (Fsp3) is 0.588. The summed E-state index contributed by atoms with van der Waals surface area (Å²) in [5.41, 5.74) is 1.75. The molecule has 22 heavy (non-hydrogen) atoms. The SMILES string of the molecule is CN=C(NCC1CCCO1)NCC1(c2ccccc2)CC1.I. The zero-order valence-corrected chi connectivity index (χ0v) is 15.5. The molecule has 2 aliphatic rings. The summed E-state index contributed by atoms with van der Waals surface area (Å²) >= 11 is 0. The first-order chi connectivity index (χ1) is 10.3. The van der Waals surface area contributed by atoms with Crippen LogP contribution in [0.4, 0.5) is 0 Å². The van der Waals surface area contributed by atoms with E-state index in [0.717, 1.165) is 32.1 Å². The number of ether oxygens (including phenoxy) is 1. The molecule has 0 bridgehead atoms. The molecule has 2 fully saturated rings. The number of aliphatic imine (C=N–C) groups is 1. The summed E-state index contributed by atoms with van der Waals surface area (Å²) in [4.78, 5) is 4.31. The molecule has 1 aromatic rings. The van der Waals surface area contributed by atoms with E-state index in [2.05, 4.69) is 46.0 Å². The second kappa shape index (κ2) is 8.15. The number of hydrogen-bond donors (Lipinski definition) is 2. The maximum atomic E-state index is 5.63. The van der Waals surface area contributed by atoms with Gasteiger partial charge in [0.25, 0.3) is 0 Å². The third-order valence-electron chi connectivity index (χ3n) is 4.58. The van der Waals surface area contributed by atoms with Crippen LogP contribution in [0.25, 0.3) is 0 Å². The van der Waals surface area contributed by atoms with Crippen molar-refractivity contribution in [3.8, 4) is 0 Å². The Hall–Kier alpha value is -0.820. The molecule has 1 atom stereocenters. The van der Waals surface area contributed by atoms with Crippen molar-refractivity contribution in [2.24, 2.45) is 4.99 Å². The molecule has 1 aliphatic carbocycles. The first-order valence-electron chi connectivity index (χ1n) is 7.94. The standard InChI is InChI=1S/C17H25N3O.HI/c1-18-16(19-12-15-8-5-11-21-15)20-13-17(9-10-17)14-6-3-2-4-7-14;/h2-4,6-7,15H,5,8-13H2,1H3,(H2,18,19,20);1H. The Labute approximate surface area is 150 Å². The third-order valence-corrected chi connectivity index (χ3v) is 4.58. The van der Waals surface area contributed by atoms with Crippen LogP contribution in [0.3, 0.4) is 0 Å². The molecule has 1 heterocycles. The minimum Gasteiger partial charge on any atom is -0.376 e. The fourth-order valence-corrected chi connectivity index (χ4v) is 3.00. The number of hydrogen-bond acceptors (Lipinski definition) is 2. The summed E-state index contributed by atoms with van der Waals surface area (Å²) < 4.78 is 5.63. The molecule has 1 unspecified atom stereocenters. The Kier molecular flexibility index (Phi) is 6.50. The van der Waals surface area contributed by atoms with Gasteiger partial charge in [-0.2, -0.15) is 0 Å². The molecule has 1 aromatic carbocycles. The van der Waals surface area contributed by atoms with Crippen LogP contribution in [0, 0.1) is 0 Å². The quantitative estimate of drug-likeness (QED) is 0.442. The van der Waals surface area contributed by atoms with Crippen molar-refractivity contribution < 1.29 is 4.74 Å².